The van der Waals surface area contributed by atoms with Crippen molar-refractivity contribution in [3.05, 3.63) is 45.3 Å². The Morgan fingerprint density at radius 1 is 1.13 bits per heavy atom. The van der Waals surface area contributed by atoms with Crippen LogP contribution in [0, 0.1) is 0 Å². The molecule has 1 unspecified atom stereocenters. The second-order valence-electron chi connectivity index (χ2n) is 8.78. The van der Waals surface area contributed by atoms with E-state index in [1.165, 1.54) is 37.9 Å². The van der Waals surface area contributed by atoms with Crippen LogP contribution in [0.25, 0.3) is 0 Å². The van der Waals surface area contributed by atoms with Crippen molar-refractivity contribution < 1.29 is 14.1 Å². The highest BCUT2D eigenvalue weighted by atomic mass is 32.2. The van der Waals surface area contributed by atoms with Gasteiger partial charge in [0.25, 0.3) is 0 Å². The minimum Gasteiger partial charge on any atom is -0.386 e. The molecule has 0 spiro atoms. The first-order valence-corrected chi connectivity index (χ1v) is 12.7. The van der Waals surface area contributed by atoms with Crippen LogP contribution in [0.15, 0.2) is 26.1 Å². The third kappa shape index (κ3) is 3.82. The van der Waals surface area contributed by atoms with E-state index >= 15 is 0 Å². The van der Waals surface area contributed by atoms with E-state index < -0.39 is 21.5 Å². The van der Waals surface area contributed by atoms with Gasteiger partial charge in [0, 0.05) is 19.8 Å². The lowest BCUT2D eigenvalue weighted by Gasteiger charge is -2.18. The zero-order chi connectivity index (χ0) is 21.7. The molecule has 6 nitrogen and oxygen atoms in total. The van der Waals surface area contributed by atoms with Gasteiger partial charge >= 0.3 is 6.03 Å². The maximum atomic E-state index is 13.7. The molecule has 1 atom stereocenters. The lowest BCUT2D eigenvalue weighted by atomic mass is 9.99. The summed E-state index contributed by atoms with van der Waals surface area (Å²) in [6.45, 7) is 3.35. The summed E-state index contributed by atoms with van der Waals surface area (Å²) in [5, 5.41) is 15.0. The maximum absolute atomic E-state index is 13.7. The minimum absolute atomic E-state index is 0.461. The second kappa shape index (κ2) is 7.75. The molecule has 0 radical (unpaired) electrons. The van der Waals surface area contributed by atoms with Crippen LogP contribution < -0.4 is 5.32 Å². The van der Waals surface area contributed by atoms with Gasteiger partial charge in [0.2, 0.25) is 0 Å². The smallest absolute Gasteiger partial charge is 0.354 e. The molecule has 30 heavy (non-hydrogen) atoms. The van der Waals surface area contributed by atoms with Crippen LogP contribution in [-0.4, -0.2) is 33.7 Å². The molecule has 8 heteroatoms. The Balaban J connectivity index is 1.71. The van der Waals surface area contributed by atoms with Crippen molar-refractivity contribution in [3.8, 4) is 0 Å². The topological polar surface area (TPSA) is 82.0 Å². The number of urea groups is 1. The van der Waals surface area contributed by atoms with E-state index in [0.29, 0.717) is 9.77 Å². The molecule has 2 aromatic rings. The van der Waals surface area contributed by atoms with Gasteiger partial charge in [0.1, 0.15) is 4.21 Å². The lowest BCUT2D eigenvalue weighted by molar-refractivity contribution is 0.0789. The van der Waals surface area contributed by atoms with Crippen LogP contribution in [0.2, 0.25) is 0 Å². The van der Waals surface area contributed by atoms with Crippen LogP contribution in [0.4, 0.5) is 10.5 Å². The predicted octanol–water partition coefficient (Wildman–Crippen LogP) is 4.49. The van der Waals surface area contributed by atoms with Gasteiger partial charge in [0.05, 0.1) is 5.60 Å². The molecule has 0 aliphatic heterocycles. The van der Waals surface area contributed by atoms with Crippen molar-refractivity contribution in [2.75, 3.05) is 19.4 Å². The van der Waals surface area contributed by atoms with Crippen LogP contribution >= 0.6 is 11.3 Å². The summed E-state index contributed by atoms with van der Waals surface area (Å²) in [7, 11) is 0.189. The second-order valence-corrected chi connectivity index (χ2v) is 12.3. The first kappa shape index (κ1) is 21.5. The molecule has 2 aliphatic rings. The number of aliphatic hydroxyl groups is 1. The third-order valence-electron chi connectivity index (χ3n) is 5.95. The number of hydrogen-bond acceptors (Lipinski definition) is 4. The van der Waals surface area contributed by atoms with E-state index in [2.05, 4.69) is 15.7 Å². The van der Waals surface area contributed by atoms with Gasteiger partial charge in [-0.3, -0.25) is 0 Å². The number of aryl methyl sites for hydroxylation is 2. The van der Waals surface area contributed by atoms with Crippen LogP contribution in [0.3, 0.4) is 0 Å². The van der Waals surface area contributed by atoms with Gasteiger partial charge in [-0.25, -0.2) is 13.3 Å². The fourth-order valence-corrected chi connectivity index (χ4v) is 7.46. The summed E-state index contributed by atoms with van der Waals surface area (Å²) in [5.41, 5.74) is 5.60. The number of thiophene rings is 1. The highest BCUT2D eigenvalue weighted by Gasteiger charge is 2.27. The largest absolute Gasteiger partial charge is 0.386 e. The molecule has 4 rings (SSSR count). The Morgan fingerprint density at radius 2 is 1.73 bits per heavy atom. The molecule has 1 aromatic heterocycles. The number of nitrogens with one attached hydrogen (secondary N) is 1. The van der Waals surface area contributed by atoms with E-state index in [0.717, 1.165) is 44.2 Å². The van der Waals surface area contributed by atoms with Crippen molar-refractivity contribution in [3.63, 3.8) is 0 Å². The highest BCUT2D eigenvalue weighted by Crippen LogP contribution is 2.39. The third-order valence-corrected chi connectivity index (χ3v) is 9.66. The first-order valence-electron chi connectivity index (χ1n) is 10.3. The molecule has 2 aliphatic carbocycles. The number of benzene rings is 1. The van der Waals surface area contributed by atoms with Gasteiger partial charge in [-0.2, -0.15) is 0 Å². The van der Waals surface area contributed by atoms with Gasteiger partial charge < -0.3 is 10.4 Å². The molecular formula is C22H29N3O3S2. The average Bonchev–Trinajstić information content (AvgIpc) is 3.40. The number of fused-ring (bicyclic) bond motifs is 2. The standard InChI is InChI=1S/C22H29N3O3S2/c1-22(2,27)16-12-19(29-13-16)30(28,25(3)4)24-21(26)23-20-17-9-5-7-14(17)11-15-8-6-10-18(15)20/h11-13,27H,5-10H2,1-4H3,(H,23,26). The molecule has 0 fully saturated rings. The van der Waals surface area contributed by atoms with Crippen molar-refractivity contribution in [1.82, 2.24) is 4.31 Å². The van der Waals surface area contributed by atoms with Crippen LogP contribution in [0.5, 0.6) is 0 Å². The van der Waals surface area contributed by atoms with Crippen LogP contribution in [0.1, 0.15) is 54.5 Å². The number of nitrogens with zero attached hydrogens (tertiary/aromatic N) is 2. The number of hydrogen-bond donors (Lipinski definition) is 2. The van der Waals surface area contributed by atoms with Crippen molar-refractivity contribution >= 4 is 33.0 Å². The molecule has 2 amide bonds. The van der Waals surface area contributed by atoms with E-state index in [9.17, 15) is 14.1 Å². The van der Waals surface area contributed by atoms with E-state index in [1.54, 1.807) is 39.4 Å². The monoisotopic (exact) mass is 447 g/mol. The molecule has 2 N–H and O–H groups in total. The zero-order valence-corrected chi connectivity index (χ0v) is 19.6. The Labute approximate surface area is 182 Å². The lowest BCUT2D eigenvalue weighted by Crippen LogP contribution is -2.24. The Morgan fingerprint density at radius 3 is 2.23 bits per heavy atom. The summed E-state index contributed by atoms with van der Waals surface area (Å²) >= 11 is 1.25. The van der Waals surface area contributed by atoms with Crippen molar-refractivity contribution in [1.29, 1.82) is 0 Å². The summed E-state index contributed by atoms with van der Waals surface area (Å²) < 4.78 is 19.8. The summed E-state index contributed by atoms with van der Waals surface area (Å²) in [4.78, 5) is 13.0. The quantitative estimate of drug-likeness (QED) is 0.725. The minimum atomic E-state index is -3.12. The summed E-state index contributed by atoms with van der Waals surface area (Å²) in [6.07, 6.45) is 6.21. The number of anilines is 1. The van der Waals surface area contributed by atoms with Gasteiger partial charge in [-0.1, -0.05) is 6.07 Å². The number of amides is 2. The SMILES string of the molecule is CN(C)S(=O)(=NC(=O)Nc1c2c(cc3c1CCC3)CCC2)c1cc(C(C)(C)O)cs1. The Bertz CT molecular complexity index is 1090. The van der Waals surface area contributed by atoms with E-state index in [-0.39, 0.29) is 0 Å². The number of carbonyl (C=O) groups excluding carboxylic acids is 1. The normalized spacial score (nSPS) is 17.5. The molecule has 0 bridgehead atoms. The molecular weight excluding hydrogens is 418 g/mol. The molecule has 162 valence electrons. The highest BCUT2D eigenvalue weighted by molar-refractivity contribution is 7.93. The molecule has 0 saturated heterocycles. The molecule has 0 saturated carbocycles. The van der Waals surface area contributed by atoms with E-state index in [1.807, 2.05) is 0 Å². The van der Waals surface area contributed by atoms with E-state index in [4.69, 9.17) is 0 Å². The van der Waals surface area contributed by atoms with Crippen molar-refractivity contribution in [2.24, 2.45) is 4.36 Å². The van der Waals surface area contributed by atoms with Gasteiger partial charge in [-0.15, -0.1) is 15.7 Å². The number of carbonyl (C=O) groups is 1. The first-order chi connectivity index (χ1) is 14.1. The number of rotatable bonds is 4. The fourth-order valence-electron chi connectivity index (χ4n) is 4.29. The van der Waals surface area contributed by atoms with Crippen LogP contribution in [-0.2, 0) is 41.2 Å². The summed E-state index contributed by atoms with van der Waals surface area (Å²) in [6, 6.07) is 3.41. The molecule has 1 aromatic carbocycles. The predicted molar refractivity (Wildman–Crippen MR) is 122 cm³/mol. The maximum Gasteiger partial charge on any atom is 0.354 e. The zero-order valence-electron chi connectivity index (χ0n) is 17.9. The van der Waals surface area contributed by atoms with Gasteiger partial charge in [-0.05, 0) is 91.6 Å². The fraction of sp³-hybridized carbons (Fsp3) is 0.500. The summed E-state index contributed by atoms with van der Waals surface area (Å²) in [5.74, 6) is 0. The van der Waals surface area contributed by atoms with Crippen molar-refractivity contribution in [2.45, 2.75) is 62.2 Å². The Hall–Kier alpha value is -1.74. The average molecular weight is 448 g/mol. The Kier molecular flexibility index (Phi) is 5.55. The molecule has 1 heterocycles. The van der Waals surface area contributed by atoms with Gasteiger partial charge in [0.15, 0.2) is 9.92 Å².